The summed E-state index contributed by atoms with van der Waals surface area (Å²) in [5, 5.41) is 22.6. The zero-order valence-corrected chi connectivity index (χ0v) is 12.4. The first-order chi connectivity index (χ1) is 9.97. The molecular formula is C15H21N3O3. The van der Waals surface area contributed by atoms with Crippen LogP contribution < -0.4 is 10.2 Å². The first-order valence-corrected chi connectivity index (χ1v) is 7.25. The van der Waals surface area contributed by atoms with Gasteiger partial charge >= 0.3 is 5.97 Å². The fourth-order valence-corrected chi connectivity index (χ4v) is 3.72. The molecule has 3 rings (SSSR count). The lowest BCUT2D eigenvalue weighted by Crippen LogP contribution is -2.36. The topological polar surface area (TPSA) is 85.7 Å². The number of rotatable bonds is 3. The van der Waals surface area contributed by atoms with E-state index >= 15 is 0 Å². The Morgan fingerprint density at radius 3 is 2.95 bits per heavy atom. The maximum absolute atomic E-state index is 11.6. The minimum atomic E-state index is -0.941. The molecule has 2 saturated heterocycles. The zero-order chi connectivity index (χ0) is 15.2. The minimum Gasteiger partial charge on any atom is -0.478 e. The molecule has 0 bridgehead atoms. The molecule has 6 heteroatoms. The number of nitrogens with one attached hydrogen (secondary N) is 1. The van der Waals surface area contributed by atoms with Crippen LogP contribution in [-0.4, -0.2) is 54.0 Å². The number of anilines is 1. The smallest absolute Gasteiger partial charge is 0.339 e. The Morgan fingerprint density at radius 2 is 2.33 bits per heavy atom. The second-order valence-corrected chi connectivity index (χ2v) is 6.31. The predicted molar refractivity (Wildman–Crippen MR) is 78.8 cm³/mol. The monoisotopic (exact) mass is 291 g/mol. The molecule has 6 nitrogen and oxygen atoms in total. The van der Waals surface area contributed by atoms with Crippen LogP contribution in [0.3, 0.4) is 0 Å². The van der Waals surface area contributed by atoms with Gasteiger partial charge in [0.1, 0.15) is 11.4 Å². The van der Waals surface area contributed by atoms with E-state index in [1.165, 1.54) is 0 Å². The van der Waals surface area contributed by atoms with Crippen LogP contribution in [-0.2, 0) is 0 Å². The van der Waals surface area contributed by atoms with Gasteiger partial charge in [0.25, 0.3) is 0 Å². The van der Waals surface area contributed by atoms with E-state index in [1.807, 2.05) is 18.7 Å². The summed E-state index contributed by atoms with van der Waals surface area (Å²) in [7, 11) is 0. The normalized spacial score (nSPS) is 28.0. The summed E-state index contributed by atoms with van der Waals surface area (Å²) >= 11 is 0. The maximum Gasteiger partial charge on any atom is 0.339 e. The third kappa shape index (κ3) is 2.18. The van der Waals surface area contributed by atoms with E-state index in [-0.39, 0.29) is 17.6 Å². The van der Waals surface area contributed by atoms with Crippen molar-refractivity contribution in [1.29, 1.82) is 0 Å². The summed E-state index contributed by atoms with van der Waals surface area (Å²) in [4.78, 5) is 18.1. The van der Waals surface area contributed by atoms with Gasteiger partial charge in [0.05, 0.1) is 6.61 Å². The van der Waals surface area contributed by atoms with Gasteiger partial charge in [-0.1, -0.05) is 0 Å². The number of nitrogens with zero attached hydrogens (tertiary/aromatic N) is 2. The van der Waals surface area contributed by atoms with Crippen molar-refractivity contribution in [2.24, 2.45) is 11.3 Å². The Morgan fingerprint density at radius 1 is 1.57 bits per heavy atom. The van der Waals surface area contributed by atoms with Crippen molar-refractivity contribution in [2.75, 3.05) is 37.7 Å². The molecule has 0 amide bonds. The van der Waals surface area contributed by atoms with Crippen LogP contribution in [0.25, 0.3) is 0 Å². The number of aliphatic hydroxyl groups excluding tert-OH is 1. The van der Waals surface area contributed by atoms with Gasteiger partial charge in [-0.3, -0.25) is 0 Å². The molecule has 1 aromatic rings. The van der Waals surface area contributed by atoms with Crippen molar-refractivity contribution < 1.29 is 15.0 Å². The maximum atomic E-state index is 11.6. The van der Waals surface area contributed by atoms with Crippen LogP contribution in [0.4, 0.5) is 5.82 Å². The number of fused-ring (bicyclic) bond motifs is 1. The van der Waals surface area contributed by atoms with E-state index in [2.05, 4.69) is 10.3 Å². The minimum absolute atomic E-state index is 0.119. The van der Waals surface area contributed by atoms with Gasteiger partial charge in [0, 0.05) is 37.3 Å². The Bertz CT molecular complexity index is 590. The average molecular weight is 291 g/mol. The molecule has 1 aromatic heterocycles. The van der Waals surface area contributed by atoms with Crippen LogP contribution in [0.1, 0.15) is 21.6 Å². The fraction of sp³-hybridized carbons (Fsp3) is 0.600. The molecule has 2 fully saturated rings. The van der Waals surface area contributed by atoms with Crippen molar-refractivity contribution in [1.82, 2.24) is 10.3 Å². The van der Waals surface area contributed by atoms with Gasteiger partial charge in [0.2, 0.25) is 0 Å². The van der Waals surface area contributed by atoms with Crippen LogP contribution in [0, 0.1) is 25.2 Å². The van der Waals surface area contributed by atoms with E-state index in [0.717, 1.165) is 30.9 Å². The first kappa shape index (κ1) is 14.3. The molecule has 2 aliphatic rings. The van der Waals surface area contributed by atoms with Gasteiger partial charge in [0.15, 0.2) is 0 Å². The summed E-state index contributed by atoms with van der Waals surface area (Å²) in [6.07, 6.45) is 0. The highest BCUT2D eigenvalue weighted by atomic mass is 16.4. The summed E-state index contributed by atoms with van der Waals surface area (Å²) in [5.74, 6) is -0.0581. The number of aliphatic hydroxyl groups is 1. The highest BCUT2D eigenvalue weighted by molar-refractivity contribution is 5.95. The summed E-state index contributed by atoms with van der Waals surface area (Å²) in [5.41, 5.74) is 1.66. The van der Waals surface area contributed by atoms with Crippen molar-refractivity contribution >= 4 is 11.8 Å². The predicted octanol–water partition coefficient (Wildman–Crippen LogP) is 0.415. The number of hydrogen-bond donors (Lipinski definition) is 3. The molecule has 21 heavy (non-hydrogen) atoms. The lowest BCUT2D eigenvalue weighted by Gasteiger charge is -2.26. The quantitative estimate of drug-likeness (QED) is 0.748. The van der Waals surface area contributed by atoms with Gasteiger partial charge < -0.3 is 20.4 Å². The summed E-state index contributed by atoms with van der Waals surface area (Å²) in [6, 6.07) is 1.80. The number of aryl methyl sites for hydroxylation is 2. The second kappa shape index (κ2) is 4.96. The molecule has 0 spiro atoms. The number of aromatic nitrogens is 1. The highest BCUT2D eigenvalue weighted by Crippen LogP contribution is 2.41. The molecule has 2 aliphatic heterocycles. The molecule has 0 radical (unpaired) electrons. The molecule has 0 saturated carbocycles. The third-order valence-corrected chi connectivity index (χ3v) is 4.83. The SMILES string of the molecule is Cc1cc(C)c(C(=O)O)c(N2CC3CNCC3(CO)C2)n1. The summed E-state index contributed by atoms with van der Waals surface area (Å²) < 4.78 is 0. The van der Waals surface area contributed by atoms with E-state index in [1.54, 1.807) is 6.07 Å². The van der Waals surface area contributed by atoms with Gasteiger partial charge in [-0.2, -0.15) is 0 Å². The molecule has 0 aromatic carbocycles. The van der Waals surface area contributed by atoms with E-state index < -0.39 is 5.97 Å². The molecular weight excluding hydrogens is 270 g/mol. The van der Waals surface area contributed by atoms with Gasteiger partial charge in [-0.15, -0.1) is 0 Å². The Hall–Kier alpha value is -1.66. The van der Waals surface area contributed by atoms with Crippen molar-refractivity contribution in [3.8, 4) is 0 Å². The number of carbonyl (C=O) groups is 1. The van der Waals surface area contributed by atoms with Crippen molar-refractivity contribution in [3.63, 3.8) is 0 Å². The molecule has 3 N–H and O–H groups in total. The van der Waals surface area contributed by atoms with Crippen LogP contribution in [0.5, 0.6) is 0 Å². The van der Waals surface area contributed by atoms with E-state index in [4.69, 9.17) is 0 Å². The Labute approximate surface area is 123 Å². The molecule has 0 aliphatic carbocycles. The van der Waals surface area contributed by atoms with Crippen LogP contribution in [0.2, 0.25) is 0 Å². The number of aromatic carboxylic acids is 1. The molecule has 114 valence electrons. The lowest BCUT2D eigenvalue weighted by molar-refractivity contribution is 0.0696. The Balaban J connectivity index is 2.01. The van der Waals surface area contributed by atoms with Gasteiger partial charge in [-0.25, -0.2) is 9.78 Å². The zero-order valence-electron chi connectivity index (χ0n) is 12.4. The van der Waals surface area contributed by atoms with Crippen molar-refractivity contribution in [2.45, 2.75) is 13.8 Å². The average Bonchev–Trinajstić information content (AvgIpc) is 2.93. The second-order valence-electron chi connectivity index (χ2n) is 6.31. The molecule has 2 atom stereocenters. The lowest BCUT2D eigenvalue weighted by atomic mass is 9.82. The van der Waals surface area contributed by atoms with Crippen LogP contribution >= 0.6 is 0 Å². The van der Waals surface area contributed by atoms with Crippen molar-refractivity contribution in [3.05, 3.63) is 22.9 Å². The first-order valence-electron chi connectivity index (χ1n) is 7.25. The fourth-order valence-electron chi connectivity index (χ4n) is 3.72. The Kier molecular flexibility index (Phi) is 3.37. The van der Waals surface area contributed by atoms with Gasteiger partial charge in [-0.05, 0) is 31.4 Å². The van der Waals surface area contributed by atoms with Crippen LogP contribution in [0.15, 0.2) is 6.07 Å². The highest BCUT2D eigenvalue weighted by Gasteiger charge is 2.50. The number of carboxylic acids is 1. The van der Waals surface area contributed by atoms with E-state index in [0.29, 0.717) is 18.3 Å². The summed E-state index contributed by atoms with van der Waals surface area (Å²) in [6.45, 7) is 6.84. The number of carboxylic acid groups (broad SMARTS) is 1. The molecule has 3 heterocycles. The number of hydrogen-bond acceptors (Lipinski definition) is 5. The molecule has 2 unspecified atom stereocenters. The third-order valence-electron chi connectivity index (χ3n) is 4.83. The van der Waals surface area contributed by atoms with E-state index in [9.17, 15) is 15.0 Å². The number of pyridine rings is 1. The largest absolute Gasteiger partial charge is 0.478 e. The standard InChI is InChI=1S/C15H21N3O3/c1-9-3-10(2)17-13(12(9)14(20)21)18-5-11-4-16-6-15(11,7-18)8-19/h3,11,16,19H,4-8H2,1-2H3,(H,20,21).